The summed E-state index contributed by atoms with van der Waals surface area (Å²) in [5.74, 6) is 1.03. The van der Waals surface area contributed by atoms with Crippen LogP contribution in [0.5, 0.6) is 5.75 Å². The molecule has 1 aliphatic rings. The number of hydrogen-bond donors (Lipinski definition) is 1. The number of benzene rings is 1. The molecule has 1 aromatic carbocycles. The minimum atomic E-state index is -0.218. The third-order valence-corrected chi connectivity index (χ3v) is 7.85. The molecule has 0 bridgehead atoms. The van der Waals surface area contributed by atoms with Crippen molar-refractivity contribution in [2.45, 2.75) is 58.9 Å². The lowest BCUT2D eigenvalue weighted by molar-refractivity contribution is -0.122. The predicted molar refractivity (Wildman–Crippen MR) is 160 cm³/mol. The first-order valence-electron chi connectivity index (χ1n) is 13.1. The molecule has 0 atom stereocenters. The van der Waals surface area contributed by atoms with Crippen molar-refractivity contribution in [2.24, 2.45) is 0 Å². The van der Waals surface area contributed by atoms with Crippen LogP contribution in [-0.2, 0) is 11.3 Å². The van der Waals surface area contributed by atoms with Crippen molar-refractivity contribution in [1.82, 2.24) is 14.3 Å². The number of amides is 1. The van der Waals surface area contributed by atoms with Crippen molar-refractivity contribution in [1.29, 1.82) is 0 Å². The van der Waals surface area contributed by atoms with Crippen LogP contribution < -0.4 is 15.6 Å². The van der Waals surface area contributed by atoms with Gasteiger partial charge in [0.05, 0.1) is 24.1 Å². The van der Waals surface area contributed by atoms with Crippen molar-refractivity contribution >= 4 is 51.7 Å². The highest BCUT2D eigenvalue weighted by molar-refractivity contribution is 8.26. The fourth-order valence-corrected chi connectivity index (χ4v) is 5.55. The number of carbonyl (C=O) groups excluding carboxylic acids is 1. The first kappa shape index (κ1) is 27.9. The van der Waals surface area contributed by atoms with Crippen molar-refractivity contribution in [3.63, 3.8) is 0 Å². The minimum Gasteiger partial charge on any atom is -0.497 e. The Morgan fingerprint density at radius 3 is 2.53 bits per heavy atom. The summed E-state index contributed by atoms with van der Waals surface area (Å²) in [5, 5.41) is 3.37. The van der Waals surface area contributed by atoms with Crippen molar-refractivity contribution < 1.29 is 9.53 Å². The number of anilines is 1. The second kappa shape index (κ2) is 13.1. The van der Waals surface area contributed by atoms with Gasteiger partial charge in [-0.2, -0.15) is 0 Å². The molecule has 2 aromatic heterocycles. The van der Waals surface area contributed by atoms with Crippen LogP contribution in [0.15, 0.2) is 52.3 Å². The van der Waals surface area contributed by atoms with E-state index in [0.29, 0.717) is 39.3 Å². The number of aryl methyl sites for hydroxylation is 1. The summed E-state index contributed by atoms with van der Waals surface area (Å²) in [6.07, 6.45) is 10.5. The summed E-state index contributed by atoms with van der Waals surface area (Å²) in [4.78, 5) is 33.6. The molecule has 1 aliphatic heterocycles. The molecule has 7 nitrogen and oxygen atoms in total. The fraction of sp³-hybridized carbons (Fsp3) is 0.379. The van der Waals surface area contributed by atoms with Gasteiger partial charge in [-0.05, 0) is 48.7 Å². The molecule has 1 N–H and O–H groups in total. The first-order valence-corrected chi connectivity index (χ1v) is 14.3. The number of unbranched alkanes of at least 4 members (excludes halogenated alkanes) is 5. The SMILES string of the molecule is CCCCCCCCNc1nc2ccc(C)cn2c(=O)c1/C=C1/SC(=S)N(Cc2ccc(OC)cc2)C1=O. The highest BCUT2D eigenvalue weighted by Gasteiger charge is 2.32. The molecule has 0 radical (unpaired) electrons. The molecule has 9 heteroatoms. The standard InChI is InChI=1S/C29H34N4O3S2/c1-4-5-6-7-8-9-16-30-26-23(27(34)32-18-20(2)10-15-25(32)31-26)17-24-28(35)33(29(37)38-24)19-21-11-13-22(36-3)14-12-21/h10-15,17-18,30H,4-9,16,19H2,1-3H3/b24-17+. The lowest BCUT2D eigenvalue weighted by Crippen LogP contribution is -2.27. The van der Waals surface area contributed by atoms with E-state index in [4.69, 9.17) is 21.9 Å². The summed E-state index contributed by atoms with van der Waals surface area (Å²) >= 11 is 6.75. The molecule has 4 rings (SSSR count). The van der Waals surface area contributed by atoms with Crippen LogP contribution in [0.25, 0.3) is 11.7 Å². The largest absolute Gasteiger partial charge is 0.497 e. The molecule has 1 saturated heterocycles. The number of methoxy groups -OCH3 is 1. The number of nitrogens with zero attached hydrogens (tertiary/aromatic N) is 3. The zero-order chi connectivity index (χ0) is 27.1. The maximum absolute atomic E-state index is 13.6. The third-order valence-electron chi connectivity index (χ3n) is 6.48. The van der Waals surface area contributed by atoms with Crippen LogP contribution >= 0.6 is 24.0 Å². The van der Waals surface area contributed by atoms with E-state index < -0.39 is 0 Å². The molecule has 1 amide bonds. The molecule has 0 saturated carbocycles. The van der Waals surface area contributed by atoms with Gasteiger partial charge in [0.2, 0.25) is 0 Å². The Hall–Kier alpha value is -3.17. The highest BCUT2D eigenvalue weighted by Crippen LogP contribution is 2.34. The van der Waals surface area contributed by atoms with E-state index >= 15 is 0 Å². The first-order chi connectivity index (χ1) is 18.4. The van der Waals surface area contributed by atoms with Gasteiger partial charge in [0.25, 0.3) is 11.5 Å². The molecule has 3 aromatic rings. The molecule has 0 unspecified atom stereocenters. The quantitative estimate of drug-likeness (QED) is 0.164. The summed E-state index contributed by atoms with van der Waals surface area (Å²) in [6, 6.07) is 11.3. The molecular formula is C29H34N4O3S2. The average Bonchev–Trinajstić information content (AvgIpc) is 3.18. The van der Waals surface area contributed by atoms with Gasteiger partial charge in [-0.15, -0.1) is 0 Å². The van der Waals surface area contributed by atoms with E-state index in [2.05, 4.69) is 12.2 Å². The zero-order valence-corrected chi connectivity index (χ0v) is 23.8. The number of fused-ring (bicyclic) bond motifs is 1. The minimum absolute atomic E-state index is 0.216. The summed E-state index contributed by atoms with van der Waals surface area (Å²) in [6.45, 7) is 5.20. The van der Waals surface area contributed by atoms with E-state index in [9.17, 15) is 9.59 Å². The maximum Gasteiger partial charge on any atom is 0.267 e. The molecule has 200 valence electrons. The summed E-state index contributed by atoms with van der Waals surface area (Å²) in [5.41, 5.74) is 2.60. The van der Waals surface area contributed by atoms with Crippen LogP contribution in [0.4, 0.5) is 5.82 Å². The molecule has 1 fully saturated rings. The van der Waals surface area contributed by atoms with Gasteiger partial charge in [0.1, 0.15) is 21.5 Å². The Kier molecular flexibility index (Phi) is 9.58. The second-order valence-electron chi connectivity index (χ2n) is 9.42. The summed E-state index contributed by atoms with van der Waals surface area (Å²) in [7, 11) is 1.62. The van der Waals surface area contributed by atoms with E-state index in [1.807, 2.05) is 43.3 Å². The zero-order valence-electron chi connectivity index (χ0n) is 22.2. The number of ether oxygens (including phenoxy) is 1. The van der Waals surface area contributed by atoms with E-state index in [0.717, 1.165) is 29.7 Å². The van der Waals surface area contributed by atoms with Crippen molar-refractivity contribution in [3.05, 3.63) is 74.5 Å². The molecule has 3 heterocycles. The number of thiocarbonyl (C=S) groups is 1. The lowest BCUT2D eigenvalue weighted by atomic mass is 10.1. The number of pyridine rings is 1. The van der Waals surface area contributed by atoms with Crippen molar-refractivity contribution in [2.75, 3.05) is 19.0 Å². The Bertz CT molecular complexity index is 1400. The van der Waals surface area contributed by atoms with Gasteiger partial charge < -0.3 is 10.1 Å². The summed E-state index contributed by atoms with van der Waals surface area (Å²) < 4.78 is 7.22. The smallest absolute Gasteiger partial charge is 0.267 e. The van der Waals surface area contributed by atoms with E-state index in [-0.39, 0.29) is 11.5 Å². The molecule has 0 spiro atoms. The molecular weight excluding hydrogens is 516 g/mol. The van der Waals surface area contributed by atoms with Gasteiger partial charge in [-0.1, -0.05) is 81.2 Å². The Morgan fingerprint density at radius 1 is 1.05 bits per heavy atom. The monoisotopic (exact) mass is 550 g/mol. The normalized spacial score (nSPS) is 14.6. The predicted octanol–water partition coefficient (Wildman–Crippen LogP) is 6.19. The van der Waals surface area contributed by atoms with E-state index in [1.54, 1.807) is 24.3 Å². The fourth-order valence-electron chi connectivity index (χ4n) is 4.32. The number of thioether (sulfide) groups is 1. The van der Waals surface area contributed by atoms with Crippen LogP contribution in [0.3, 0.4) is 0 Å². The Labute approximate surface area is 233 Å². The Morgan fingerprint density at radius 2 is 1.79 bits per heavy atom. The molecule has 38 heavy (non-hydrogen) atoms. The number of hydrogen-bond acceptors (Lipinski definition) is 7. The second-order valence-corrected chi connectivity index (χ2v) is 11.1. The topological polar surface area (TPSA) is 75.9 Å². The van der Waals surface area contributed by atoms with Gasteiger partial charge in [0.15, 0.2) is 0 Å². The van der Waals surface area contributed by atoms with Gasteiger partial charge in [-0.3, -0.25) is 18.9 Å². The molecule has 0 aliphatic carbocycles. The number of carbonyl (C=O) groups is 1. The van der Waals surface area contributed by atoms with Gasteiger partial charge in [-0.25, -0.2) is 4.98 Å². The van der Waals surface area contributed by atoms with Crippen LogP contribution in [0.1, 0.15) is 62.1 Å². The number of nitrogens with one attached hydrogen (secondary N) is 1. The number of rotatable bonds is 12. The third kappa shape index (κ3) is 6.63. The lowest BCUT2D eigenvalue weighted by Gasteiger charge is -2.15. The van der Waals surface area contributed by atoms with Gasteiger partial charge in [0, 0.05) is 12.7 Å². The van der Waals surface area contributed by atoms with Crippen LogP contribution in [0.2, 0.25) is 0 Å². The average molecular weight is 551 g/mol. The Balaban J connectivity index is 1.59. The van der Waals surface area contributed by atoms with Crippen LogP contribution in [-0.4, -0.2) is 38.2 Å². The van der Waals surface area contributed by atoms with Crippen LogP contribution in [0, 0.1) is 6.92 Å². The number of aromatic nitrogens is 2. The van der Waals surface area contributed by atoms with Gasteiger partial charge >= 0.3 is 0 Å². The van der Waals surface area contributed by atoms with E-state index in [1.165, 1.54) is 41.8 Å². The maximum atomic E-state index is 13.6. The van der Waals surface area contributed by atoms with Crippen molar-refractivity contribution in [3.8, 4) is 5.75 Å². The highest BCUT2D eigenvalue weighted by atomic mass is 32.2.